The molecule has 2 amide bonds. The summed E-state index contributed by atoms with van der Waals surface area (Å²) in [5.74, 6) is -0.113. The van der Waals surface area contributed by atoms with Crippen LogP contribution in [0.15, 0.2) is 0 Å². The van der Waals surface area contributed by atoms with E-state index in [1.165, 1.54) is 4.90 Å². The van der Waals surface area contributed by atoms with Crippen LogP contribution in [-0.2, 0) is 9.59 Å². The van der Waals surface area contributed by atoms with Gasteiger partial charge in [-0.2, -0.15) is 0 Å². The second-order valence-corrected chi connectivity index (χ2v) is 5.32. The first-order valence-electron chi connectivity index (χ1n) is 6.26. The zero-order valence-corrected chi connectivity index (χ0v) is 10.3. The Morgan fingerprint density at radius 2 is 1.88 bits per heavy atom. The number of rotatable bonds is 3. The fourth-order valence-electron chi connectivity index (χ4n) is 2.63. The molecule has 2 aliphatic heterocycles. The fraction of sp³-hybridized carbons (Fsp3) is 0.833. The second-order valence-electron chi connectivity index (χ2n) is 5.32. The molecule has 0 aromatic carbocycles. The highest BCUT2D eigenvalue weighted by atomic mass is 16.3. The zero-order chi connectivity index (χ0) is 12.5. The molecule has 2 aliphatic rings. The van der Waals surface area contributed by atoms with E-state index in [1.807, 2.05) is 6.92 Å². The lowest BCUT2D eigenvalue weighted by Crippen LogP contribution is -2.48. The van der Waals surface area contributed by atoms with Crippen molar-refractivity contribution >= 4 is 11.8 Å². The van der Waals surface area contributed by atoms with Crippen LogP contribution in [0.25, 0.3) is 0 Å². The maximum atomic E-state index is 11.4. The lowest BCUT2D eigenvalue weighted by molar-refractivity contribution is -0.138. The molecule has 2 fully saturated rings. The maximum Gasteiger partial charge on any atom is 0.229 e. The quantitative estimate of drug-likeness (QED) is 0.704. The molecule has 96 valence electrons. The summed E-state index contributed by atoms with van der Waals surface area (Å²) in [7, 11) is 0. The number of hydrogen-bond acceptors (Lipinski definition) is 4. The molecule has 0 aromatic heterocycles. The van der Waals surface area contributed by atoms with Crippen molar-refractivity contribution in [3.8, 4) is 0 Å². The SMILES string of the molecule is CC1(O)CCCN(CCN2C(=O)CCC2=O)C1. The van der Waals surface area contributed by atoms with Crippen molar-refractivity contribution in [2.24, 2.45) is 0 Å². The van der Waals surface area contributed by atoms with Crippen molar-refractivity contribution in [3.63, 3.8) is 0 Å². The van der Waals surface area contributed by atoms with Crippen molar-refractivity contribution in [1.29, 1.82) is 0 Å². The average molecular weight is 240 g/mol. The van der Waals surface area contributed by atoms with Crippen LogP contribution in [0.3, 0.4) is 0 Å². The molecular weight excluding hydrogens is 220 g/mol. The van der Waals surface area contributed by atoms with Crippen LogP contribution in [-0.4, -0.2) is 58.5 Å². The first-order valence-corrected chi connectivity index (χ1v) is 6.26. The number of piperidine rings is 1. The van der Waals surface area contributed by atoms with E-state index >= 15 is 0 Å². The van der Waals surface area contributed by atoms with Gasteiger partial charge in [-0.05, 0) is 26.3 Å². The summed E-state index contributed by atoms with van der Waals surface area (Å²) >= 11 is 0. The van der Waals surface area contributed by atoms with E-state index in [1.54, 1.807) is 0 Å². The van der Waals surface area contributed by atoms with Crippen LogP contribution in [0.4, 0.5) is 0 Å². The van der Waals surface area contributed by atoms with Gasteiger partial charge in [0.15, 0.2) is 0 Å². The van der Waals surface area contributed by atoms with Gasteiger partial charge in [0.2, 0.25) is 11.8 Å². The zero-order valence-electron chi connectivity index (χ0n) is 10.3. The van der Waals surface area contributed by atoms with Gasteiger partial charge in [0.1, 0.15) is 0 Å². The Morgan fingerprint density at radius 3 is 2.47 bits per heavy atom. The molecule has 2 saturated heterocycles. The molecule has 5 nitrogen and oxygen atoms in total. The predicted octanol–water partition coefficient (Wildman–Crippen LogP) is -0.0178. The molecule has 2 heterocycles. The van der Waals surface area contributed by atoms with E-state index in [2.05, 4.69) is 4.90 Å². The molecule has 1 unspecified atom stereocenters. The number of β-amino-alcohol motifs (C(OH)–C–C–N with tert-alkyl or cyclic N) is 1. The van der Waals surface area contributed by atoms with Crippen molar-refractivity contribution in [1.82, 2.24) is 9.80 Å². The van der Waals surface area contributed by atoms with Gasteiger partial charge in [-0.3, -0.25) is 19.4 Å². The molecule has 0 bridgehead atoms. The van der Waals surface area contributed by atoms with Gasteiger partial charge in [0.05, 0.1) is 5.60 Å². The summed E-state index contributed by atoms with van der Waals surface area (Å²) in [5, 5.41) is 9.95. The number of imide groups is 1. The monoisotopic (exact) mass is 240 g/mol. The Kier molecular flexibility index (Phi) is 3.49. The largest absolute Gasteiger partial charge is 0.389 e. The van der Waals surface area contributed by atoms with Crippen LogP contribution in [0, 0.1) is 0 Å². The van der Waals surface area contributed by atoms with Gasteiger partial charge in [-0.25, -0.2) is 0 Å². The van der Waals surface area contributed by atoms with E-state index < -0.39 is 5.60 Å². The van der Waals surface area contributed by atoms with Crippen LogP contribution >= 0.6 is 0 Å². The van der Waals surface area contributed by atoms with E-state index in [0.717, 1.165) is 19.4 Å². The molecule has 0 aliphatic carbocycles. The van der Waals surface area contributed by atoms with Crippen molar-refractivity contribution in [2.45, 2.75) is 38.2 Å². The first kappa shape index (κ1) is 12.5. The van der Waals surface area contributed by atoms with Crippen LogP contribution in [0.5, 0.6) is 0 Å². The second kappa shape index (κ2) is 4.74. The Morgan fingerprint density at radius 1 is 1.24 bits per heavy atom. The van der Waals surface area contributed by atoms with Gasteiger partial charge in [0.25, 0.3) is 0 Å². The van der Waals surface area contributed by atoms with Gasteiger partial charge in [0, 0.05) is 32.5 Å². The van der Waals surface area contributed by atoms with Crippen molar-refractivity contribution < 1.29 is 14.7 Å². The number of carbonyl (C=O) groups excluding carboxylic acids is 2. The van der Waals surface area contributed by atoms with Crippen molar-refractivity contribution in [3.05, 3.63) is 0 Å². The van der Waals surface area contributed by atoms with Crippen molar-refractivity contribution in [2.75, 3.05) is 26.2 Å². The lowest BCUT2D eigenvalue weighted by Gasteiger charge is -2.37. The molecular formula is C12H20N2O3. The summed E-state index contributed by atoms with van der Waals surface area (Å²) in [4.78, 5) is 26.3. The molecule has 0 saturated carbocycles. The highest BCUT2D eigenvalue weighted by molar-refractivity contribution is 6.01. The summed E-state index contributed by atoms with van der Waals surface area (Å²) in [5.41, 5.74) is -0.628. The molecule has 1 N–H and O–H groups in total. The van der Waals surface area contributed by atoms with E-state index in [0.29, 0.717) is 32.5 Å². The minimum Gasteiger partial charge on any atom is -0.389 e. The highest BCUT2D eigenvalue weighted by Crippen LogP contribution is 2.20. The van der Waals surface area contributed by atoms with E-state index in [4.69, 9.17) is 0 Å². The number of aliphatic hydroxyl groups is 1. The fourth-order valence-corrected chi connectivity index (χ4v) is 2.63. The van der Waals surface area contributed by atoms with Gasteiger partial charge in [-0.1, -0.05) is 0 Å². The van der Waals surface area contributed by atoms with E-state index in [-0.39, 0.29) is 11.8 Å². The Bertz CT molecular complexity index is 312. The Labute approximate surface area is 101 Å². The number of hydrogen-bond donors (Lipinski definition) is 1. The summed E-state index contributed by atoms with van der Waals surface area (Å²) in [6, 6.07) is 0. The normalized spacial score (nSPS) is 31.3. The molecule has 0 radical (unpaired) electrons. The third-order valence-corrected chi connectivity index (χ3v) is 3.55. The third-order valence-electron chi connectivity index (χ3n) is 3.55. The molecule has 17 heavy (non-hydrogen) atoms. The number of amides is 2. The lowest BCUT2D eigenvalue weighted by atomic mass is 9.95. The minimum atomic E-state index is -0.628. The average Bonchev–Trinajstić information content (AvgIpc) is 2.55. The number of carbonyl (C=O) groups is 2. The van der Waals surface area contributed by atoms with Gasteiger partial charge < -0.3 is 5.11 Å². The standard InChI is InChI=1S/C12H20N2O3/c1-12(17)5-2-6-13(9-12)7-8-14-10(15)3-4-11(14)16/h17H,2-9H2,1H3. The summed E-state index contributed by atoms with van der Waals surface area (Å²) < 4.78 is 0. The van der Waals surface area contributed by atoms with Crippen LogP contribution in [0.2, 0.25) is 0 Å². The molecule has 0 aromatic rings. The Hall–Kier alpha value is -0.940. The van der Waals surface area contributed by atoms with E-state index in [9.17, 15) is 14.7 Å². The maximum absolute atomic E-state index is 11.4. The highest BCUT2D eigenvalue weighted by Gasteiger charge is 2.31. The predicted molar refractivity (Wildman–Crippen MR) is 62.3 cm³/mol. The number of likely N-dealkylation sites (tertiary alicyclic amines) is 2. The molecule has 0 spiro atoms. The summed E-state index contributed by atoms with van der Waals surface area (Å²) in [6.07, 6.45) is 2.51. The van der Waals surface area contributed by atoms with Gasteiger partial charge in [-0.15, -0.1) is 0 Å². The molecule has 2 rings (SSSR count). The smallest absolute Gasteiger partial charge is 0.229 e. The first-order chi connectivity index (χ1) is 7.98. The Balaban J connectivity index is 1.82. The topological polar surface area (TPSA) is 60.9 Å². The third kappa shape index (κ3) is 3.04. The van der Waals surface area contributed by atoms with Crippen LogP contribution < -0.4 is 0 Å². The number of nitrogens with zero attached hydrogens (tertiary/aromatic N) is 2. The summed E-state index contributed by atoms with van der Waals surface area (Å²) in [6.45, 7) is 4.54. The molecule has 5 heteroatoms. The van der Waals surface area contributed by atoms with Crippen LogP contribution in [0.1, 0.15) is 32.6 Å². The minimum absolute atomic E-state index is 0.0567. The van der Waals surface area contributed by atoms with Gasteiger partial charge >= 0.3 is 0 Å². The molecule has 1 atom stereocenters.